The number of halogens is 2. The fourth-order valence-corrected chi connectivity index (χ4v) is 3.21. The van der Waals surface area contributed by atoms with Gasteiger partial charge >= 0.3 is 5.97 Å². The summed E-state index contributed by atoms with van der Waals surface area (Å²) in [5.74, 6) is -1.04. The maximum Gasteiger partial charge on any atom is 0.356 e. The highest BCUT2D eigenvalue weighted by Crippen LogP contribution is 2.23. The highest BCUT2D eigenvalue weighted by atomic mass is 127. The van der Waals surface area contributed by atoms with E-state index in [9.17, 15) is 9.59 Å². The maximum absolute atomic E-state index is 12.8. The van der Waals surface area contributed by atoms with Crippen molar-refractivity contribution in [1.82, 2.24) is 5.43 Å². The van der Waals surface area contributed by atoms with Crippen LogP contribution < -0.4 is 16.2 Å². The predicted molar refractivity (Wildman–Crippen MR) is 124 cm³/mol. The molecular weight excluding hydrogens is 521 g/mol. The van der Waals surface area contributed by atoms with Crippen molar-refractivity contribution < 1.29 is 19.1 Å². The summed E-state index contributed by atoms with van der Waals surface area (Å²) >= 11 is 8.18. The summed E-state index contributed by atoms with van der Waals surface area (Å²) in [5.41, 5.74) is 7.39. The van der Waals surface area contributed by atoms with Crippen molar-refractivity contribution in [2.75, 3.05) is 17.3 Å². The van der Waals surface area contributed by atoms with Crippen molar-refractivity contribution in [2.45, 2.75) is 13.0 Å². The fraction of sp³-hybridized carbons (Fsp3) is 0.143. The van der Waals surface area contributed by atoms with Crippen molar-refractivity contribution in [2.24, 2.45) is 0 Å². The van der Waals surface area contributed by atoms with E-state index in [1.54, 1.807) is 49.4 Å². The van der Waals surface area contributed by atoms with Gasteiger partial charge in [-0.1, -0.05) is 17.7 Å². The number of benzene rings is 2. The fourth-order valence-electron chi connectivity index (χ4n) is 2.66. The summed E-state index contributed by atoms with van der Waals surface area (Å²) in [6, 6.07) is 14.3. The minimum Gasteiger partial charge on any atom is -0.483 e. The van der Waals surface area contributed by atoms with Gasteiger partial charge in [-0.15, -0.1) is 0 Å². The largest absolute Gasteiger partial charge is 0.483 e. The van der Waals surface area contributed by atoms with E-state index in [2.05, 4.69) is 38.8 Å². The van der Waals surface area contributed by atoms with Crippen molar-refractivity contribution in [3.63, 3.8) is 0 Å². The van der Waals surface area contributed by atoms with Crippen LogP contribution in [-0.2, 0) is 19.1 Å². The van der Waals surface area contributed by atoms with Crippen LogP contribution >= 0.6 is 34.2 Å². The van der Waals surface area contributed by atoms with Gasteiger partial charge in [-0.25, -0.2) is 4.79 Å². The van der Waals surface area contributed by atoms with E-state index in [1.807, 2.05) is 12.1 Å². The number of carbonyl (C=O) groups excluding carboxylic acids is 2. The molecule has 0 spiro atoms. The summed E-state index contributed by atoms with van der Waals surface area (Å²) in [6.45, 7) is 1.88. The van der Waals surface area contributed by atoms with Crippen molar-refractivity contribution >= 4 is 57.4 Å². The topological polar surface area (TPSA) is 88.7 Å². The predicted octanol–water partition coefficient (Wildman–Crippen LogP) is 4.23. The molecule has 9 heteroatoms. The van der Waals surface area contributed by atoms with Crippen molar-refractivity contribution in [3.8, 4) is 0 Å². The molecule has 0 aromatic heterocycles. The lowest BCUT2D eigenvalue weighted by Crippen LogP contribution is -2.35. The highest BCUT2D eigenvalue weighted by Gasteiger charge is 2.32. The molecule has 0 saturated heterocycles. The lowest BCUT2D eigenvalue weighted by Gasteiger charge is -2.18. The molecule has 2 aromatic carbocycles. The second kappa shape index (κ2) is 10.4. The molecule has 0 aliphatic carbocycles. The number of anilines is 2. The van der Waals surface area contributed by atoms with Gasteiger partial charge < -0.3 is 20.2 Å². The van der Waals surface area contributed by atoms with Crippen LogP contribution in [0, 0.1) is 3.57 Å². The molecule has 1 amide bonds. The van der Waals surface area contributed by atoms with Crippen LogP contribution in [0.5, 0.6) is 0 Å². The molecular formula is C21H19ClIN3O4. The van der Waals surface area contributed by atoms with Crippen LogP contribution in [0.3, 0.4) is 0 Å². The monoisotopic (exact) mass is 539 g/mol. The summed E-state index contributed by atoms with van der Waals surface area (Å²) in [4.78, 5) is 25.3. The van der Waals surface area contributed by atoms with E-state index in [4.69, 9.17) is 21.1 Å². The molecule has 156 valence electrons. The summed E-state index contributed by atoms with van der Waals surface area (Å²) in [6.07, 6.45) is 1.91. The molecule has 30 heavy (non-hydrogen) atoms. The van der Waals surface area contributed by atoms with E-state index in [1.165, 1.54) is 6.26 Å². The van der Waals surface area contributed by atoms with E-state index in [-0.39, 0.29) is 12.3 Å². The molecule has 0 bridgehead atoms. The third-order valence-corrected chi connectivity index (χ3v) is 4.97. The zero-order valence-corrected chi connectivity index (χ0v) is 18.9. The number of hydrazine groups is 1. The van der Waals surface area contributed by atoms with Gasteiger partial charge in [-0.2, -0.15) is 0 Å². The number of hydrogen-bond donors (Lipinski definition) is 3. The van der Waals surface area contributed by atoms with Crippen LogP contribution in [0.25, 0.3) is 0 Å². The Bertz CT molecular complexity index is 992. The number of carbonyl (C=O) groups is 2. The van der Waals surface area contributed by atoms with Gasteiger partial charge in [0.25, 0.3) is 5.91 Å². The number of ether oxygens (including phenoxy) is 2. The molecule has 1 aliphatic rings. The lowest BCUT2D eigenvalue weighted by molar-refractivity contribution is -0.139. The summed E-state index contributed by atoms with van der Waals surface area (Å²) in [7, 11) is 0. The average Bonchev–Trinajstić information content (AvgIpc) is 3.20. The third-order valence-electron chi connectivity index (χ3n) is 4.02. The Hall–Kier alpha value is -2.72. The van der Waals surface area contributed by atoms with Crippen molar-refractivity contribution in [1.29, 1.82) is 0 Å². The number of esters is 1. The Morgan fingerprint density at radius 1 is 1.17 bits per heavy atom. The van der Waals surface area contributed by atoms with Crippen LogP contribution in [0.4, 0.5) is 11.4 Å². The van der Waals surface area contributed by atoms with Crippen LogP contribution in [0.2, 0.25) is 5.02 Å². The smallest absolute Gasteiger partial charge is 0.356 e. The first-order chi connectivity index (χ1) is 14.5. The first-order valence-corrected chi connectivity index (χ1v) is 10.5. The highest BCUT2D eigenvalue weighted by molar-refractivity contribution is 14.1. The Balaban J connectivity index is 1.82. The summed E-state index contributed by atoms with van der Waals surface area (Å²) < 4.78 is 11.6. The molecule has 2 aromatic rings. The first kappa shape index (κ1) is 22.0. The molecule has 0 radical (unpaired) electrons. The quantitative estimate of drug-likeness (QED) is 0.211. The van der Waals surface area contributed by atoms with Gasteiger partial charge in [0.05, 0.1) is 18.6 Å². The molecule has 0 fully saturated rings. The molecule has 1 heterocycles. The molecule has 0 saturated carbocycles. The van der Waals surface area contributed by atoms with Gasteiger partial charge in [-0.05, 0) is 78.1 Å². The molecule has 1 aliphatic heterocycles. The molecule has 3 N–H and O–H groups in total. The zero-order chi connectivity index (χ0) is 21.5. The Kier molecular flexibility index (Phi) is 7.58. The standard InChI is InChI=1S/C21H19ClIN3O4/c1-2-29-21(28)18(26-25-16-5-3-4-13(22)12-16)17-10-11-30-19(17)20(27)24-15-8-6-14(23)7-9-15/h3-12,19,25-26H,2H2,1H3,(H,24,27). The van der Waals surface area contributed by atoms with Gasteiger partial charge in [0.15, 0.2) is 0 Å². The van der Waals surface area contributed by atoms with Crippen LogP contribution in [-0.4, -0.2) is 24.6 Å². The van der Waals surface area contributed by atoms with Gasteiger partial charge in [-0.3, -0.25) is 10.2 Å². The second-order valence-corrected chi connectivity index (χ2v) is 7.81. The minimum absolute atomic E-state index is 0.0633. The van der Waals surface area contributed by atoms with Crippen LogP contribution in [0.15, 0.2) is 72.1 Å². The number of nitrogens with one attached hydrogen (secondary N) is 3. The SMILES string of the molecule is CCOC(=O)C(NNc1cccc(Cl)c1)=C1C=COC1C(=O)Nc1ccc(I)cc1. The van der Waals surface area contributed by atoms with Gasteiger partial charge in [0, 0.05) is 19.9 Å². The normalized spacial score (nSPS) is 16.4. The number of amides is 1. The Labute approximate surface area is 192 Å². The lowest BCUT2D eigenvalue weighted by atomic mass is 10.1. The second-order valence-electron chi connectivity index (χ2n) is 6.13. The summed E-state index contributed by atoms with van der Waals surface area (Å²) in [5, 5.41) is 3.32. The van der Waals surface area contributed by atoms with E-state index < -0.39 is 18.0 Å². The van der Waals surface area contributed by atoms with Gasteiger partial charge in [0.2, 0.25) is 6.10 Å². The third kappa shape index (κ3) is 5.67. The Morgan fingerprint density at radius 3 is 2.63 bits per heavy atom. The average molecular weight is 540 g/mol. The molecule has 1 atom stereocenters. The van der Waals surface area contributed by atoms with E-state index in [0.717, 1.165) is 3.57 Å². The first-order valence-electron chi connectivity index (χ1n) is 9.05. The zero-order valence-electron chi connectivity index (χ0n) is 15.9. The molecule has 7 nitrogen and oxygen atoms in total. The Morgan fingerprint density at radius 2 is 1.93 bits per heavy atom. The van der Waals surface area contributed by atoms with Crippen molar-refractivity contribution in [3.05, 3.63) is 80.7 Å². The maximum atomic E-state index is 12.8. The molecule has 1 unspecified atom stereocenters. The molecule has 3 rings (SSSR count). The minimum atomic E-state index is -1.02. The van der Waals surface area contributed by atoms with E-state index >= 15 is 0 Å². The number of rotatable bonds is 7. The van der Waals surface area contributed by atoms with Crippen LogP contribution in [0.1, 0.15) is 6.92 Å². The van der Waals surface area contributed by atoms with E-state index in [0.29, 0.717) is 22.0 Å². The number of hydrogen-bond acceptors (Lipinski definition) is 6. The van der Waals surface area contributed by atoms with Gasteiger partial charge in [0.1, 0.15) is 5.70 Å².